The Hall–Kier alpha value is -6.52. The van der Waals surface area contributed by atoms with Crippen molar-refractivity contribution in [3.63, 3.8) is 0 Å². The molecule has 1 aliphatic heterocycles. The van der Waals surface area contributed by atoms with E-state index in [1.807, 2.05) is 31.2 Å². The number of nitrogens with one attached hydrogen (secondary N) is 1. The Kier molecular flexibility index (Phi) is 10.9. The Balaban J connectivity index is 1.30. The first kappa shape index (κ1) is 46.2. The molecule has 69 heavy (non-hydrogen) atoms. The molecule has 3 aliphatic carbocycles. The fourth-order valence-electron chi connectivity index (χ4n) is 12.8. The molecule has 6 aromatic rings. The van der Waals surface area contributed by atoms with Crippen molar-refractivity contribution in [2.75, 3.05) is 10.2 Å². The lowest BCUT2D eigenvalue weighted by Crippen LogP contribution is -2.55. The predicted octanol–water partition coefficient (Wildman–Crippen LogP) is 16.8. The van der Waals surface area contributed by atoms with Crippen LogP contribution in [0.1, 0.15) is 130 Å². The molecule has 0 saturated heterocycles. The minimum absolute atomic E-state index is 0.0563. The molecular formula is C59H54F6N4. The number of hydrogen-bond donors (Lipinski definition) is 1. The summed E-state index contributed by atoms with van der Waals surface area (Å²) < 4.78 is 87.3. The molecular weight excluding hydrogens is 879 g/mol. The van der Waals surface area contributed by atoms with Gasteiger partial charge in [-0.2, -0.15) is 36.9 Å². The molecule has 0 bridgehead atoms. The SMILES string of the molecule is Cc1ccc(C(F)(F)F)cc1C1(C)CCCC[C@@]1(C)Nc1c2cc(-c3ccc(C#N)cc3)ccc2c(N2c3ccc(C(F)(F)F)cc3C3(C)CCCCC23C)c2ccc(C3C=CC(C#N)=CC3)cc12. The van der Waals surface area contributed by atoms with Gasteiger partial charge in [-0.25, -0.2) is 0 Å². The Morgan fingerprint density at radius 3 is 1.88 bits per heavy atom. The number of anilines is 3. The number of fused-ring (bicyclic) bond motifs is 5. The third kappa shape index (κ3) is 7.31. The summed E-state index contributed by atoms with van der Waals surface area (Å²) in [7, 11) is 0. The molecule has 10 heteroatoms. The quantitative estimate of drug-likeness (QED) is 0.134. The first-order valence-corrected chi connectivity index (χ1v) is 24.0. The van der Waals surface area contributed by atoms with Crippen LogP contribution in [0.15, 0.2) is 121 Å². The van der Waals surface area contributed by atoms with Crippen LogP contribution in [-0.2, 0) is 23.2 Å². The Bertz CT molecular complexity index is 3220. The van der Waals surface area contributed by atoms with Crippen LogP contribution in [-0.4, -0.2) is 11.1 Å². The van der Waals surface area contributed by atoms with Gasteiger partial charge in [-0.05, 0) is 147 Å². The second kappa shape index (κ2) is 16.3. The smallest absolute Gasteiger partial charge is 0.378 e. The van der Waals surface area contributed by atoms with E-state index in [4.69, 9.17) is 0 Å². The topological polar surface area (TPSA) is 62.9 Å². The highest BCUT2D eigenvalue weighted by molar-refractivity contribution is 6.22. The maximum absolute atomic E-state index is 14.6. The maximum Gasteiger partial charge on any atom is 0.416 e. The summed E-state index contributed by atoms with van der Waals surface area (Å²) in [5, 5.41) is 27.1. The third-order valence-electron chi connectivity index (χ3n) is 17.2. The van der Waals surface area contributed by atoms with Gasteiger partial charge >= 0.3 is 12.4 Å². The molecule has 0 aromatic heterocycles. The molecule has 352 valence electrons. The standard InChI is InChI=1S/C59H54F6N4/c1-36-10-21-43(58(60,61)62)32-49(36)54(2)26-6-8-28-56(54,4)68-52-47-30-41(39-15-11-37(34-66)12-16-39)19-23-45(47)53(46-24-20-42(31-48(46)52)40-17-13-38(35-67)14-18-40)69-51-25-22-44(59(63,64)65)33-50(51)55(3)27-7-9-29-57(55,69)5/h10-17,19-25,30-33,40,68H,6-9,18,26-29H2,1-5H3/t40?,54?,55?,56-,57?/m1/s1. The lowest BCUT2D eigenvalue weighted by Gasteiger charge is -2.53. The number of rotatable bonds is 6. The van der Waals surface area contributed by atoms with Crippen molar-refractivity contribution in [3.8, 4) is 23.3 Å². The van der Waals surface area contributed by atoms with Gasteiger partial charge in [0.2, 0.25) is 0 Å². The van der Waals surface area contributed by atoms with Gasteiger partial charge in [-0.1, -0.05) is 94.1 Å². The Morgan fingerprint density at radius 2 is 1.23 bits per heavy atom. The van der Waals surface area contributed by atoms with Gasteiger partial charge in [-0.15, -0.1) is 0 Å². The van der Waals surface area contributed by atoms with E-state index in [0.29, 0.717) is 41.5 Å². The van der Waals surface area contributed by atoms with E-state index in [1.54, 1.807) is 24.3 Å². The molecule has 4 nitrogen and oxygen atoms in total. The number of allylic oxidation sites excluding steroid dienone is 4. The largest absolute Gasteiger partial charge is 0.416 e. The summed E-state index contributed by atoms with van der Waals surface area (Å²) >= 11 is 0. The van der Waals surface area contributed by atoms with E-state index in [0.717, 1.165) is 105 Å². The minimum Gasteiger partial charge on any atom is -0.378 e. The molecule has 1 N–H and O–H groups in total. The van der Waals surface area contributed by atoms with E-state index < -0.39 is 45.4 Å². The van der Waals surface area contributed by atoms with Crippen LogP contribution >= 0.6 is 0 Å². The average Bonchev–Trinajstić information content (AvgIpc) is 3.54. The van der Waals surface area contributed by atoms with Crippen molar-refractivity contribution < 1.29 is 26.3 Å². The monoisotopic (exact) mass is 932 g/mol. The summed E-state index contributed by atoms with van der Waals surface area (Å²) in [4.78, 5) is 2.35. The zero-order chi connectivity index (χ0) is 48.9. The van der Waals surface area contributed by atoms with Crippen LogP contribution in [0.2, 0.25) is 0 Å². The molecule has 2 saturated carbocycles. The van der Waals surface area contributed by atoms with E-state index >= 15 is 0 Å². The fourth-order valence-corrected chi connectivity index (χ4v) is 12.8. The number of halogens is 6. The molecule has 1 heterocycles. The van der Waals surface area contributed by atoms with Crippen molar-refractivity contribution in [2.24, 2.45) is 0 Å². The van der Waals surface area contributed by atoms with Crippen LogP contribution in [0, 0.1) is 29.6 Å². The van der Waals surface area contributed by atoms with Gasteiger partial charge in [0, 0.05) is 55.1 Å². The second-order valence-corrected chi connectivity index (χ2v) is 20.9. The van der Waals surface area contributed by atoms with E-state index in [2.05, 4.69) is 92.5 Å². The number of nitriles is 2. The lowest BCUT2D eigenvalue weighted by molar-refractivity contribution is -0.138. The van der Waals surface area contributed by atoms with Gasteiger partial charge in [0.1, 0.15) is 0 Å². The Morgan fingerprint density at radius 1 is 0.623 bits per heavy atom. The van der Waals surface area contributed by atoms with Crippen LogP contribution in [0.5, 0.6) is 0 Å². The first-order valence-electron chi connectivity index (χ1n) is 24.0. The van der Waals surface area contributed by atoms with Crippen molar-refractivity contribution in [3.05, 3.63) is 160 Å². The Labute approximate surface area is 400 Å². The van der Waals surface area contributed by atoms with E-state index in [9.17, 15) is 36.9 Å². The molecule has 4 unspecified atom stereocenters. The van der Waals surface area contributed by atoms with Gasteiger partial charge < -0.3 is 10.2 Å². The maximum atomic E-state index is 14.6. The number of aryl methyl sites for hydroxylation is 1. The molecule has 0 amide bonds. The highest BCUT2D eigenvalue weighted by Gasteiger charge is 2.59. The predicted molar refractivity (Wildman–Crippen MR) is 264 cm³/mol. The first-order chi connectivity index (χ1) is 32.7. The average molecular weight is 933 g/mol. The minimum atomic E-state index is -4.53. The lowest BCUT2D eigenvalue weighted by atomic mass is 9.58. The van der Waals surface area contributed by atoms with Crippen LogP contribution in [0.25, 0.3) is 32.7 Å². The van der Waals surface area contributed by atoms with Crippen molar-refractivity contribution >= 4 is 38.6 Å². The molecule has 2 fully saturated rings. The normalized spacial score (nSPS) is 25.7. The van der Waals surface area contributed by atoms with Gasteiger partial charge in [-0.3, -0.25) is 0 Å². The fraction of sp³-hybridized carbons (Fsp3) is 0.356. The molecule has 4 aliphatic rings. The zero-order valence-electron chi connectivity index (χ0n) is 39.5. The molecule has 10 rings (SSSR count). The third-order valence-corrected chi connectivity index (χ3v) is 17.2. The van der Waals surface area contributed by atoms with Crippen molar-refractivity contribution in [1.82, 2.24) is 0 Å². The van der Waals surface area contributed by atoms with E-state index in [1.165, 1.54) is 18.2 Å². The highest BCUT2D eigenvalue weighted by Crippen LogP contribution is 2.64. The van der Waals surface area contributed by atoms with Crippen LogP contribution < -0.4 is 10.2 Å². The van der Waals surface area contributed by atoms with E-state index in [-0.39, 0.29) is 5.92 Å². The summed E-state index contributed by atoms with van der Waals surface area (Å²) in [5.41, 5.74) is 4.33. The molecule has 0 spiro atoms. The van der Waals surface area contributed by atoms with Crippen LogP contribution in [0.3, 0.4) is 0 Å². The van der Waals surface area contributed by atoms with Crippen molar-refractivity contribution in [2.45, 2.75) is 133 Å². The zero-order valence-corrected chi connectivity index (χ0v) is 39.5. The summed E-state index contributed by atoms with van der Waals surface area (Å²) in [6.45, 7) is 10.5. The summed E-state index contributed by atoms with van der Waals surface area (Å²) in [6, 6.07) is 33.0. The number of benzene rings is 6. The number of nitrogens with zero attached hydrogens (tertiary/aromatic N) is 3. The summed E-state index contributed by atoms with van der Waals surface area (Å²) in [6.07, 6.45) is 3.67. The van der Waals surface area contributed by atoms with Crippen LogP contribution in [0.4, 0.5) is 43.4 Å². The van der Waals surface area contributed by atoms with Crippen molar-refractivity contribution in [1.29, 1.82) is 10.5 Å². The molecule has 5 atom stereocenters. The highest BCUT2D eigenvalue weighted by atomic mass is 19.4. The van der Waals surface area contributed by atoms with Gasteiger partial charge in [0.25, 0.3) is 0 Å². The van der Waals surface area contributed by atoms with Gasteiger partial charge in [0.05, 0.1) is 45.7 Å². The second-order valence-electron chi connectivity index (χ2n) is 20.9. The summed E-state index contributed by atoms with van der Waals surface area (Å²) in [5.74, 6) is -0.0563. The van der Waals surface area contributed by atoms with Gasteiger partial charge in [0.15, 0.2) is 0 Å². The number of alkyl halides is 6. The molecule has 0 radical (unpaired) electrons. The number of hydrogen-bond acceptors (Lipinski definition) is 4. The molecule has 6 aromatic carbocycles.